The summed E-state index contributed by atoms with van der Waals surface area (Å²) in [4.78, 5) is 1.99. The molecule has 0 amide bonds. The Morgan fingerprint density at radius 3 is 2.33 bits per heavy atom. The molecule has 0 fully saturated rings. The van der Waals surface area contributed by atoms with Crippen molar-refractivity contribution in [3.05, 3.63) is 23.8 Å². The van der Waals surface area contributed by atoms with Crippen molar-refractivity contribution in [2.45, 2.75) is 11.4 Å². The Kier molecular flexibility index (Phi) is 3.33. The van der Waals surface area contributed by atoms with Crippen LogP contribution in [-0.4, -0.2) is 27.4 Å². The largest absolute Gasteiger partial charge is 0.398 e. The number of hydrogen-bond donors (Lipinski definition) is 2. The maximum absolute atomic E-state index is 11.0. The molecule has 1 aromatic rings. The van der Waals surface area contributed by atoms with E-state index < -0.39 is 10.0 Å². The Labute approximate surface area is 89.7 Å². The van der Waals surface area contributed by atoms with Crippen LogP contribution in [0.5, 0.6) is 0 Å². The number of hydrogen-bond acceptors (Lipinski definition) is 4. The summed E-state index contributed by atoms with van der Waals surface area (Å²) >= 11 is 0. The molecule has 0 aromatic heterocycles. The normalized spacial score (nSPS) is 12.0. The Morgan fingerprint density at radius 1 is 1.33 bits per heavy atom. The van der Waals surface area contributed by atoms with Crippen LogP contribution >= 0.6 is 0 Å². The molecule has 84 valence electrons. The molecule has 6 heteroatoms. The van der Waals surface area contributed by atoms with Gasteiger partial charge in [-0.15, -0.1) is 0 Å². The van der Waals surface area contributed by atoms with E-state index in [4.69, 9.17) is 10.9 Å². The van der Waals surface area contributed by atoms with Crippen LogP contribution in [0.4, 0.5) is 5.69 Å². The lowest BCUT2D eigenvalue weighted by Gasteiger charge is -2.12. The quantitative estimate of drug-likeness (QED) is 0.713. The average Bonchev–Trinajstić information content (AvgIpc) is 2.05. The number of rotatable bonds is 3. The van der Waals surface area contributed by atoms with E-state index in [1.165, 1.54) is 12.1 Å². The van der Waals surface area contributed by atoms with Crippen molar-refractivity contribution in [3.63, 3.8) is 0 Å². The molecule has 0 atom stereocenters. The monoisotopic (exact) mass is 229 g/mol. The van der Waals surface area contributed by atoms with Crippen LogP contribution < -0.4 is 10.9 Å². The third kappa shape index (κ3) is 3.19. The minimum atomic E-state index is -3.66. The second kappa shape index (κ2) is 4.18. The predicted octanol–water partition coefficient (Wildman–Crippen LogP) is -0.0222. The van der Waals surface area contributed by atoms with E-state index in [2.05, 4.69) is 0 Å². The molecule has 0 bridgehead atoms. The molecule has 4 N–H and O–H groups in total. The van der Waals surface area contributed by atoms with E-state index in [-0.39, 0.29) is 4.90 Å². The number of nitrogen functional groups attached to an aromatic ring is 1. The minimum absolute atomic E-state index is 0.0440. The van der Waals surface area contributed by atoms with Gasteiger partial charge < -0.3 is 10.6 Å². The smallest absolute Gasteiger partial charge is 0.238 e. The van der Waals surface area contributed by atoms with Crippen molar-refractivity contribution in [3.8, 4) is 0 Å². The molecule has 0 aliphatic rings. The molecule has 0 aliphatic carbocycles. The maximum atomic E-state index is 11.0. The van der Waals surface area contributed by atoms with Gasteiger partial charge >= 0.3 is 0 Å². The molecule has 1 rings (SSSR count). The van der Waals surface area contributed by atoms with Gasteiger partial charge in [0.2, 0.25) is 10.0 Å². The Balaban J connectivity index is 3.09. The molecule has 0 saturated carbocycles. The maximum Gasteiger partial charge on any atom is 0.238 e. The molecular weight excluding hydrogens is 214 g/mol. The molecular formula is C9H15N3O2S. The van der Waals surface area contributed by atoms with E-state index in [1.807, 2.05) is 19.0 Å². The van der Waals surface area contributed by atoms with Gasteiger partial charge in [0.1, 0.15) is 0 Å². The Bertz CT molecular complexity index is 454. The van der Waals surface area contributed by atoms with Crippen LogP contribution in [0.3, 0.4) is 0 Å². The third-order valence-electron chi connectivity index (χ3n) is 1.93. The highest BCUT2D eigenvalue weighted by atomic mass is 32.2. The van der Waals surface area contributed by atoms with Gasteiger partial charge in [-0.2, -0.15) is 0 Å². The zero-order valence-electron chi connectivity index (χ0n) is 8.77. The van der Waals surface area contributed by atoms with Crippen LogP contribution in [0.15, 0.2) is 23.1 Å². The Morgan fingerprint density at radius 2 is 1.93 bits per heavy atom. The van der Waals surface area contributed by atoms with Crippen LogP contribution in [0, 0.1) is 0 Å². The van der Waals surface area contributed by atoms with E-state index in [0.29, 0.717) is 12.2 Å². The summed E-state index contributed by atoms with van der Waals surface area (Å²) in [6.45, 7) is 0.663. The number of anilines is 1. The van der Waals surface area contributed by atoms with Gasteiger partial charge in [0.15, 0.2) is 0 Å². The second-order valence-corrected chi connectivity index (χ2v) is 5.20. The van der Waals surface area contributed by atoms with Gasteiger partial charge in [0, 0.05) is 12.2 Å². The first-order chi connectivity index (χ1) is 6.80. The van der Waals surface area contributed by atoms with Crippen molar-refractivity contribution in [2.24, 2.45) is 5.14 Å². The topological polar surface area (TPSA) is 89.4 Å². The molecule has 15 heavy (non-hydrogen) atoms. The zero-order chi connectivity index (χ0) is 11.6. The molecule has 0 radical (unpaired) electrons. The van der Waals surface area contributed by atoms with Crippen molar-refractivity contribution in [2.75, 3.05) is 19.8 Å². The van der Waals surface area contributed by atoms with E-state index in [9.17, 15) is 8.42 Å². The summed E-state index contributed by atoms with van der Waals surface area (Å²) in [5.74, 6) is 0. The van der Waals surface area contributed by atoms with E-state index in [1.54, 1.807) is 6.07 Å². The number of benzene rings is 1. The molecule has 0 saturated heterocycles. The van der Waals surface area contributed by atoms with E-state index >= 15 is 0 Å². The fraction of sp³-hybridized carbons (Fsp3) is 0.333. The fourth-order valence-corrected chi connectivity index (χ4v) is 1.78. The highest BCUT2D eigenvalue weighted by Gasteiger charge is 2.10. The molecule has 0 aliphatic heterocycles. The standard InChI is InChI=1S/C9H15N3O2S/c1-12(2)6-7-3-4-8(5-9(7)10)15(11,13)14/h3-5H,6,10H2,1-2H3,(H2,11,13,14). The van der Waals surface area contributed by atoms with Gasteiger partial charge in [0.05, 0.1) is 4.90 Å². The van der Waals surface area contributed by atoms with Crippen LogP contribution in [-0.2, 0) is 16.6 Å². The van der Waals surface area contributed by atoms with Crippen LogP contribution in [0.2, 0.25) is 0 Å². The fourth-order valence-electron chi connectivity index (χ4n) is 1.23. The summed E-state index contributed by atoms with van der Waals surface area (Å²) in [5, 5.41) is 4.98. The van der Waals surface area contributed by atoms with Crippen LogP contribution in [0.25, 0.3) is 0 Å². The zero-order valence-corrected chi connectivity index (χ0v) is 9.58. The first-order valence-electron chi connectivity index (χ1n) is 4.36. The van der Waals surface area contributed by atoms with Gasteiger partial charge in [-0.3, -0.25) is 0 Å². The van der Waals surface area contributed by atoms with Crippen molar-refractivity contribution < 1.29 is 8.42 Å². The summed E-state index contributed by atoms with van der Waals surface area (Å²) in [6, 6.07) is 4.52. The third-order valence-corrected chi connectivity index (χ3v) is 2.84. The highest BCUT2D eigenvalue weighted by Crippen LogP contribution is 2.17. The van der Waals surface area contributed by atoms with Crippen LogP contribution in [0.1, 0.15) is 5.56 Å². The van der Waals surface area contributed by atoms with Gasteiger partial charge in [-0.25, -0.2) is 13.6 Å². The SMILES string of the molecule is CN(C)Cc1ccc(S(N)(=O)=O)cc1N. The predicted molar refractivity (Wildman–Crippen MR) is 59.6 cm³/mol. The summed E-state index contributed by atoms with van der Waals surface area (Å²) in [5.41, 5.74) is 7.04. The van der Waals surface area contributed by atoms with Crippen molar-refractivity contribution >= 4 is 15.7 Å². The lowest BCUT2D eigenvalue weighted by Crippen LogP contribution is -2.15. The molecule has 0 heterocycles. The van der Waals surface area contributed by atoms with Gasteiger partial charge in [-0.05, 0) is 31.8 Å². The summed E-state index contributed by atoms with van der Waals surface area (Å²) < 4.78 is 22.1. The second-order valence-electron chi connectivity index (χ2n) is 3.64. The average molecular weight is 229 g/mol. The first-order valence-corrected chi connectivity index (χ1v) is 5.91. The van der Waals surface area contributed by atoms with Gasteiger partial charge in [-0.1, -0.05) is 6.07 Å². The number of nitrogens with two attached hydrogens (primary N) is 2. The van der Waals surface area contributed by atoms with Gasteiger partial charge in [0.25, 0.3) is 0 Å². The highest BCUT2D eigenvalue weighted by molar-refractivity contribution is 7.89. The van der Waals surface area contributed by atoms with Crippen molar-refractivity contribution in [1.29, 1.82) is 0 Å². The van der Waals surface area contributed by atoms with E-state index in [0.717, 1.165) is 5.56 Å². The minimum Gasteiger partial charge on any atom is -0.398 e. The number of primary sulfonamides is 1. The number of sulfonamides is 1. The van der Waals surface area contributed by atoms with Crippen molar-refractivity contribution in [1.82, 2.24) is 4.90 Å². The first kappa shape index (κ1) is 12.0. The lowest BCUT2D eigenvalue weighted by molar-refractivity contribution is 0.403. The molecule has 0 unspecified atom stereocenters. The summed E-state index contributed by atoms with van der Waals surface area (Å²) in [7, 11) is 0.155. The number of nitrogens with zero attached hydrogens (tertiary/aromatic N) is 1. The summed E-state index contributed by atoms with van der Waals surface area (Å²) in [6.07, 6.45) is 0. The Hall–Kier alpha value is -1.11. The lowest BCUT2D eigenvalue weighted by atomic mass is 10.2. The molecule has 1 aromatic carbocycles. The molecule has 5 nitrogen and oxygen atoms in total. The molecule has 0 spiro atoms.